The fourth-order valence-corrected chi connectivity index (χ4v) is 3.02. The van der Waals surface area contributed by atoms with Crippen LogP contribution in [0, 0.1) is 5.82 Å². The van der Waals surface area contributed by atoms with Crippen molar-refractivity contribution in [3.05, 3.63) is 88.7 Å². The summed E-state index contributed by atoms with van der Waals surface area (Å²) in [4.78, 5) is 20.7. The molecule has 0 saturated carbocycles. The molecule has 0 unspecified atom stereocenters. The van der Waals surface area contributed by atoms with E-state index >= 15 is 0 Å². The first-order valence-electron chi connectivity index (χ1n) is 8.40. The van der Waals surface area contributed by atoms with Crippen LogP contribution in [-0.2, 0) is 6.54 Å². The predicted molar refractivity (Wildman–Crippen MR) is 101 cm³/mol. The molecule has 0 amide bonds. The fourth-order valence-electron chi connectivity index (χ4n) is 3.02. The number of ether oxygens (including phenoxy) is 1. The molecule has 0 aliphatic carbocycles. The number of pyridine rings is 1. The normalized spacial score (nSPS) is 10.9. The average Bonchev–Trinajstić information content (AvgIpc) is 2.70. The largest absolute Gasteiger partial charge is 0.496 e. The van der Waals surface area contributed by atoms with Gasteiger partial charge in [0.25, 0.3) is 5.56 Å². The molecule has 134 valence electrons. The zero-order valence-corrected chi connectivity index (χ0v) is 14.6. The maximum absolute atomic E-state index is 13.5. The highest BCUT2D eigenvalue weighted by Crippen LogP contribution is 2.30. The minimum Gasteiger partial charge on any atom is -0.496 e. The Bertz CT molecular complexity index is 1170. The van der Waals surface area contributed by atoms with E-state index in [1.165, 1.54) is 25.6 Å². The Balaban J connectivity index is 1.84. The molecular weight excluding hydrogens is 345 g/mol. The number of aromatic nitrogens is 3. The van der Waals surface area contributed by atoms with Crippen LogP contribution in [0.4, 0.5) is 4.39 Å². The summed E-state index contributed by atoms with van der Waals surface area (Å²) in [6, 6.07) is 17.7. The molecule has 5 nitrogen and oxygen atoms in total. The molecule has 4 rings (SSSR count). The fraction of sp³-hybridized carbons (Fsp3) is 0.0952. The van der Waals surface area contributed by atoms with Crippen LogP contribution in [-0.4, -0.2) is 21.6 Å². The zero-order chi connectivity index (χ0) is 18.8. The smallest absolute Gasteiger partial charge is 0.299 e. The van der Waals surface area contributed by atoms with E-state index in [1.807, 2.05) is 41.0 Å². The molecular formula is C21H16FN3O2. The van der Waals surface area contributed by atoms with Gasteiger partial charge in [-0.25, -0.2) is 9.37 Å². The Hall–Kier alpha value is -3.54. The number of methoxy groups -OCH3 is 1. The van der Waals surface area contributed by atoms with Crippen LogP contribution in [0.15, 0.2) is 71.8 Å². The highest BCUT2D eigenvalue weighted by atomic mass is 19.1. The number of halogens is 1. The van der Waals surface area contributed by atoms with Gasteiger partial charge in [-0.15, -0.1) is 0 Å². The monoisotopic (exact) mass is 361 g/mol. The van der Waals surface area contributed by atoms with Crippen LogP contribution in [0.25, 0.3) is 22.3 Å². The topological polar surface area (TPSA) is 57.0 Å². The van der Waals surface area contributed by atoms with Crippen molar-refractivity contribution in [2.75, 3.05) is 7.11 Å². The summed E-state index contributed by atoms with van der Waals surface area (Å²) >= 11 is 0. The van der Waals surface area contributed by atoms with E-state index in [4.69, 9.17) is 4.74 Å². The average molecular weight is 361 g/mol. The second-order valence-corrected chi connectivity index (χ2v) is 6.07. The number of fused-ring (bicyclic) bond motifs is 1. The Morgan fingerprint density at radius 3 is 2.67 bits per heavy atom. The second kappa shape index (κ2) is 6.99. The van der Waals surface area contributed by atoms with Crippen LogP contribution in [0.1, 0.15) is 5.56 Å². The van der Waals surface area contributed by atoms with E-state index in [0.29, 0.717) is 29.1 Å². The Labute approximate surface area is 154 Å². The van der Waals surface area contributed by atoms with Gasteiger partial charge < -0.3 is 9.30 Å². The lowest BCUT2D eigenvalue weighted by Gasteiger charge is -2.12. The number of hydrogen-bond donors (Lipinski definition) is 0. The van der Waals surface area contributed by atoms with Crippen molar-refractivity contribution in [3.8, 4) is 17.0 Å². The van der Waals surface area contributed by atoms with E-state index < -0.39 is 11.4 Å². The first kappa shape index (κ1) is 16.9. The Morgan fingerprint density at radius 1 is 1.07 bits per heavy atom. The lowest BCUT2D eigenvalue weighted by molar-refractivity contribution is 0.413. The van der Waals surface area contributed by atoms with Gasteiger partial charge in [0, 0.05) is 18.2 Å². The summed E-state index contributed by atoms with van der Waals surface area (Å²) in [5, 5.41) is 0. The summed E-state index contributed by atoms with van der Waals surface area (Å²) in [6.07, 6.45) is 1.53. The van der Waals surface area contributed by atoms with Gasteiger partial charge >= 0.3 is 0 Å². The predicted octanol–water partition coefficient (Wildman–Crippen LogP) is 3.65. The molecule has 0 fully saturated rings. The number of rotatable bonds is 4. The molecule has 6 heteroatoms. The van der Waals surface area contributed by atoms with Gasteiger partial charge in [0.05, 0.1) is 24.6 Å². The lowest BCUT2D eigenvalue weighted by atomic mass is 10.1. The highest BCUT2D eigenvalue weighted by Gasteiger charge is 2.12. The Morgan fingerprint density at radius 2 is 1.89 bits per heavy atom. The minimum absolute atomic E-state index is 0.261. The Kier molecular flexibility index (Phi) is 4.38. The molecule has 4 aromatic rings. The number of benzene rings is 2. The number of hydrogen-bond acceptors (Lipinski definition) is 4. The third kappa shape index (κ3) is 3.29. The van der Waals surface area contributed by atoms with Crippen molar-refractivity contribution in [3.63, 3.8) is 0 Å². The third-order valence-electron chi connectivity index (χ3n) is 4.34. The van der Waals surface area contributed by atoms with Crippen molar-refractivity contribution in [1.29, 1.82) is 0 Å². The standard InChI is InChI=1S/C21H16FN3O2/c1-27-19-11-15(22)7-8-16(19)17-9-10-18-20(24-17)21(26)23-13-25(18)12-14-5-3-2-4-6-14/h2-11,13H,12H2,1H3. The first-order chi connectivity index (χ1) is 13.2. The summed E-state index contributed by atoms with van der Waals surface area (Å²) in [5.41, 5.74) is 2.76. The lowest BCUT2D eigenvalue weighted by Crippen LogP contribution is -2.14. The van der Waals surface area contributed by atoms with Gasteiger partial charge in [0.15, 0.2) is 5.52 Å². The van der Waals surface area contributed by atoms with Gasteiger partial charge in [0.1, 0.15) is 11.6 Å². The maximum atomic E-state index is 13.5. The molecule has 0 aliphatic heterocycles. The third-order valence-corrected chi connectivity index (χ3v) is 4.34. The molecule has 2 aromatic heterocycles. The molecule has 27 heavy (non-hydrogen) atoms. The van der Waals surface area contributed by atoms with E-state index in [2.05, 4.69) is 9.97 Å². The molecule has 0 saturated heterocycles. The highest BCUT2D eigenvalue weighted by molar-refractivity contribution is 5.79. The van der Waals surface area contributed by atoms with E-state index in [1.54, 1.807) is 12.1 Å². The van der Waals surface area contributed by atoms with Crippen LogP contribution < -0.4 is 10.3 Å². The van der Waals surface area contributed by atoms with Crippen molar-refractivity contribution < 1.29 is 9.13 Å². The summed E-state index contributed by atoms with van der Waals surface area (Å²) in [7, 11) is 1.47. The summed E-state index contributed by atoms with van der Waals surface area (Å²) in [6.45, 7) is 0.575. The molecule has 0 aliphatic rings. The van der Waals surface area contributed by atoms with E-state index in [9.17, 15) is 9.18 Å². The molecule has 0 atom stereocenters. The van der Waals surface area contributed by atoms with Crippen molar-refractivity contribution in [1.82, 2.24) is 14.5 Å². The zero-order valence-electron chi connectivity index (χ0n) is 14.6. The van der Waals surface area contributed by atoms with E-state index in [-0.39, 0.29) is 5.52 Å². The second-order valence-electron chi connectivity index (χ2n) is 6.07. The first-order valence-corrected chi connectivity index (χ1v) is 8.40. The van der Waals surface area contributed by atoms with Crippen LogP contribution in [0.5, 0.6) is 5.75 Å². The maximum Gasteiger partial charge on any atom is 0.299 e. The van der Waals surface area contributed by atoms with Crippen molar-refractivity contribution >= 4 is 11.0 Å². The van der Waals surface area contributed by atoms with Gasteiger partial charge in [-0.2, -0.15) is 4.98 Å². The van der Waals surface area contributed by atoms with Gasteiger partial charge in [-0.05, 0) is 29.8 Å². The van der Waals surface area contributed by atoms with Gasteiger partial charge in [0.2, 0.25) is 0 Å². The molecule has 0 radical (unpaired) electrons. The van der Waals surface area contributed by atoms with Crippen molar-refractivity contribution in [2.24, 2.45) is 0 Å². The van der Waals surface area contributed by atoms with Crippen LogP contribution in [0.3, 0.4) is 0 Å². The summed E-state index contributed by atoms with van der Waals surface area (Å²) in [5.74, 6) is -0.0429. The van der Waals surface area contributed by atoms with Crippen molar-refractivity contribution in [2.45, 2.75) is 6.54 Å². The SMILES string of the molecule is COc1cc(F)ccc1-c1ccc2c(n1)c(=O)ncn2Cc1ccccc1. The van der Waals surface area contributed by atoms with Crippen LogP contribution >= 0.6 is 0 Å². The van der Waals surface area contributed by atoms with Crippen LogP contribution in [0.2, 0.25) is 0 Å². The molecule has 2 heterocycles. The summed E-state index contributed by atoms with van der Waals surface area (Å²) < 4.78 is 20.6. The van der Waals surface area contributed by atoms with E-state index in [0.717, 1.165) is 5.56 Å². The minimum atomic E-state index is -0.405. The molecule has 0 bridgehead atoms. The number of nitrogens with zero attached hydrogens (tertiary/aromatic N) is 3. The van der Waals surface area contributed by atoms with Gasteiger partial charge in [-0.1, -0.05) is 30.3 Å². The van der Waals surface area contributed by atoms with Gasteiger partial charge in [-0.3, -0.25) is 4.79 Å². The molecule has 2 aromatic carbocycles. The quantitative estimate of drug-likeness (QED) is 0.557. The molecule has 0 spiro atoms. The molecule has 0 N–H and O–H groups in total.